The van der Waals surface area contributed by atoms with Crippen LogP contribution in [0.25, 0.3) is 0 Å². The number of hydrogen-bond acceptors (Lipinski definition) is 6. The molecule has 1 aromatic carbocycles. The van der Waals surface area contributed by atoms with Crippen LogP contribution in [0.5, 0.6) is 5.75 Å². The third kappa shape index (κ3) is 5.37. The number of aliphatic hydroxyl groups is 1. The van der Waals surface area contributed by atoms with Crippen molar-refractivity contribution in [3.05, 3.63) is 49.6 Å². The predicted molar refractivity (Wildman–Crippen MR) is 162 cm³/mol. The normalized spacial score (nSPS) is 28.0. The van der Waals surface area contributed by atoms with Crippen LogP contribution in [0, 0.1) is 11.8 Å². The Morgan fingerprint density at radius 2 is 1.79 bits per heavy atom. The minimum atomic E-state index is -1.12. The van der Waals surface area contributed by atoms with E-state index in [0.29, 0.717) is 56.8 Å². The van der Waals surface area contributed by atoms with Gasteiger partial charge in [0, 0.05) is 37.5 Å². The van der Waals surface area contributed by atoms with Crippen LogP contribution in [0.15, 0.2) is 49.6 Å². The van der Waals surface area contributed by atoms with Gasteiger partial charge in [-0.1, -0.05) is 12.2 Å². The molecule has 0 saturated carbocycles. The second-order valence-corrected chi connectivity index (χ2v) is 12.8. The van der Waals surface area contributed by atoms with Gasteiger partial charge in [-0.05, 0) is 84.6 Å². The molecule has 0 aliphatic carbocycles. The second-order valence-electron chi connectivity index (χ2n) is 12.8. The fourth-order valence-electron chi connectivity index (χ4n) is 7.20. The minimum Gasteiger partial charge on any atom is -0.494 e. The number of rotatable bonds is 13. The van der Waals surface area contributed by atoms with Crippen molar-refractivity contribution >= 4 is 23.4 Å². The molecule has 230 valence electrons. The molecule has 3 heterocycles. The van der Waals surface area contributed by atoms with E-state index in [9.17, 15) is 19.5 Å². The van der Waals surface area contributed by atoms with Crippen molar-refractivity contribution in [1.82, 2.24) is 9.80 Å². The van der Waals surface area contributed by atoms with E-state index in [1.54, 1.807) is 26.9 Å². The zero-order valence-electron chi connectivity index (χ0n) is 25.8. The monoisotopic (exact) mass is 581 g/mol. The van der Waals surface area contributed by atoms with Crippen LogP contribution in [-0.4, -0.2) is 88.3 Å². The Morgan fingerprint density at radius 1 is 1.12 bits per heavy atom. The number of unbranched alkanes of at least 4 members (excludes halogenated alkanes) is 1. The highest BCUT2D eigenvalue weighted by Crippen LogP contribution is 2.63. The Morgan fingerprint density at radius 3 is 2.36 bits per heavy atom. The van der Waals surface area contributed by atoms with Gasteiger partial charge >= 0.3 is 0 Å². The first-order chi connectivity index (χ1) is 19.9. The van der Waals surface area contributed by atoms with Crippen LogP contribution < -0.4 is 9.64 Å². The van der Waals surface area contributed by atoms with Crippen molar-refractivity contribution in [3.63, 3.8) is 0 Å². The maximum Gasteiger partial charge on any atom is 0.249 e. The van der Waals surface area contributed by atoms with E-state index < -0.39 is 34.6 Å². The smallest absolute Gasteiger partial charge is 0.249 e. The summed E-state index contributed by atoms with van der Waals surface area (Å²) in [6.07, 6.45) is 5.47. The molecule has 4 rings (SSSR count). The largest absolute Gasteiger partial charge is 0.494 e. The van der Waals surface area contributed by atoms with Crippen LogP contribution in [0.3, 0.4) is 0 Å². The molecular formula is C33H47N3O6. The molecule has 1 spiro atoms. The number of carbonyl (C=O) groups is 3. The SMILES string of the molecule is C=CCN(C(=O)[C@@H]1[C@H]2C(=O)N(CCCCO)C(C(=O)N(CC=C)C(C)(C)C)C23CC[C@@]1(C)O3)c1ccc(OCC)cc1. The first-order valence-electron chi connectivity index (χ1n) is 15.1. The first-order valence-corrected chi connectivity index (χ1v) is 15.1. The lowest BCUT2D eigenvalue weighted by molar-refractivity contribution is -0.154. The summed E-state index contributed by atoms with van der Waals surface area (Å²) >= 11 is 0. The fraction of sp³-hybridized carbons (Fsp3) is 0.606. The van der Waals surface area contributed by atoms with Gasteiger partial charge in [-0.25, -0.2) is 0 Å². The maximum absolute atomic E-state index is 14.5. The number of anilines is 1. The fourth-order valence-corrected chi connectivity index (χ4v) is 7.20. The lowest BCUT2D eigenvalue weighted by atomic mass is 9.66. The summed E-state index contributed by atoms with van der Waals surface area (Å²) in [5, 5.41) is 9.45. The Kier molecular flexibility index (Phi) is 9.23. The molecule has 2 unspecified atom stereocenters. The second kappa shape index (κ2) is 12.2. The molecule has 2 bridgehead atoms. The van der Waals surface area contributed by atoms with Crippen LogP contribution in [0.2, 0.25) is 0 Å². The maximum atomic E-state index is 14.5. The summed E-state index contributed by atoms with van der Waals surface area (Å²) in [4.78, 5) is 48.4. The van der Waals surface area contributed by atoms with Crippen LogP contribution in [-0.2, 0) is 19.1 Å². The van der Waals surface area contributed by atoms with Crippen molar-refractivity contribution in [3.8, 4) is 5.75 Å². The van der Waals surface area contributed by atoms with Crippen molar-refractivity contribution in [2.45, 2.75) is 83.1 Å². The van der Waals surface area contributed by atoms with Crippen molar-refractivity contribution in [2.24, 2.45) is 11.8 Å². The Bertz CT molecular complexity index is 1190. The third-order valence-corrected chi connectivity index (χ3v) is 9.01. The van der Waals surface area contributed by atoms with Gasteiger partial charge in [0.25, 0.3) is 0 Å². The zero-order chi connectivity index (χ0) is 30.9. The van der Waals surface area contributed by atoms with E-state index in [2.05, 4.69) is 13.2 Å². The standard InChI is InChI=1S/C33H47N3O6/c1-8-19-34(23-13-15-24(16-14-23)41-10-3)28(38)25-26-29(39)35(21-11-12-22-37)27(33(26)18-17-32(25,7)42-33)30(40)36(20-9-2)31(4,5)6/h8-9,13-16,25-27,37H,1-2,10-12,17-22H2,3-7H3/t25-,26-,27?,32+,33?/m0/s1. The highest BCUT2D eigenvalue weighted by atomic mass is 16.5. The molecule has 9 heteroatoms. The third-order valence-electron chi connectivity index (χ3n) is 9.01. The molecule has 0 aromatic heterocycles. The summed E-state index contributed by atoms with van der Waals surface area (Å²) in [5.41, 5.74) is -1.87. The number of fused-ring (bicyclic) bond motifs is 1. The van der Waals surface area contributed by atoms with Crippen LogP contribution in [0.1, 0.15) is 60.3 Å². The van der Waals surface area contributed by atoms with E-state index in [0.717, 1.165) is 0 Å². The summed E-state index contributed by atoms with van der Waals surface area (Å²) in [6.45, 7) is 18.8. The van der Waals surface area contributed by atoms with Crippen molar-refractivity contribution in [1.29, 1.82) is 0 Å². The lowest BCUT2D eigenvalue weighted by Crippen LogP contribution is -2.60. The van der Waals surface area contributed by atoms with E-state index >= 15 is 0 Å². The number of likely N-dealkylation sites (tertiary alicyclic amines) is 1. The summed E-state index contributed by atoms with van der Waals surface area (Å²) in [6, 6.07) is 6.44. The average molecular weight is 582 g/mol. The number of ether oxygens (including phenoxy) is 2. The van der Waals surface area contributed by atoms with Crippen LogP contribution in [0.4, 0.5) is 5.69 Å². The minimum absolute atomic E-state index is 0.00588. The van der Waals surface area contributed by atoms with Gasteiger partial charge in [0.05, 0.1) is 24.0 Å². The van der Waals surface area contributed by atoms with Gasteiger partial charge in [-0.2, -0.15) is 0 Å². The van der Waals surface area contributed by atoms with Crippen molar-refractivity contribution < 1.29 is 29.0 Å². The molecular weight excluding hydrogens is 534 g/mol. The molecule has 9 nitrogen and oxygen atoms in total. The van der Waals surface area contributed by atoms with Gasteiger partial charge in [0.2, 0.25) is 17.7 Å². The highest BCUT2D eigenvalue weighted by molar-refractivity contribution is 6.03. The predicted octanol–water partition coefficient (Wildman–Crippen LogP) is 3.95. The molecule has 42 heavy (non-hydrogen) atoms. The number of hydrogen-bond donors (Lipinski definition) is 1. The number of nitrogens with zero attached hydrogens (tertiary/aromatic N) is 3. The van der Waals surface area contributed by atoms with Gasteiger partial charge < -0.3 is 29.3 Å². The summed E-state index contributed by atoms with van der Waals surface area (Å²) in [5.74, 6) is -1.52. The highest BCUT2D eigenvalue weighted by Gasteiger charge is 2.78. The topological polar surface area (TPSA) is 99.6 Å². The average Bonchev–Trinajstić information content (AvgIpc) is 3.50. The van der Waals surface area contributed by atoms with Gasteiger partial charge in [0.15, 0.2) is 0 Å². The Hall–Kier alpha value is -3.17. The quantitative estimate of drug-likeness (QED) is 0.280. The number of amides is 3. The van der Waals surface area contributed by atoms with Crippen molar-refractivity contribution in [2.75, 3.05) is 37.7 Å². The molecule has 5 atom stereocenters. The van der Waals surface area contributed by atoms with Crippen LogP contribution >= 0.6 is 0 Å². The van der Waals surface area contributed by atoms with E-state index in [-0.39, 0.29) is 30.9 Å². The molecule has 3 aliphatic rings. The summed E-state index contributed by atoms with van der Waals surface area (Å²) < 4.78 is 12.4. The molecule has 3 aliphatic heterocycles. The Balaban J connectivity index is 1.77. The molecule has 0 radical (unpaired) electrons. The van der Waals surface area contributed by atoms with Gasteiger partial charge in [-0.3, -0.25) is 14.4 Å². The molecule has 3 amide bonds. The van der Waals surface area contributed by atoms with E-state index in [1.807, 2.05) is 58.9 Å². The molecule has 3 fully saturated rings. The van der Waals surface area contributed by atoms with Gasteiger partial charge in [0.1, 0.15) is 17.4 Å². The van der Waals surface area contributed by atoms with E-state index in [4.69, 9.17) is 9.47 Å². The molecule has 3 saturated heterocycles. The number of benzene rings is 1. The lowest BCUT2D eigenvalue weighted by Gasteiger charge is -2.42. The Labute approximate surface area is 250 Å². The van der Waals surface area contributed by atoms with Gasteiger partial charge in [-0.15, -0.1) is 13.2 Å². The number of carbonyl (C=O) groups excluding carboxylic acids is 3. The molecule has 1 aromatic rings. The van der Waals surface area contributed by atoms with E-state index in [1.165, 1.54) is 0 Å². The zero-order valence-corrected chi connectivity index (χ0v) is 25.8. The first kappa shape index (κ1) is 31.8. The molecule has 1 N–H and O–H groups in total. The number of aliphatic hydroxyl groups excluding tert-OH is 1. The summed E-state index contributed by atoms with van der Waals surface area (Å²) in [7, 11) is 0.